The molecule has 0 bridgehead atoms. The van der Waals surface area contributed by atoms with Crippen molar-refractivity contribution in [1.29, 1.82) is 0 Å². The van der Waals surface area contributed by atoms with Gasteiger partial charge >= 0.3 is 0 Å². The lowest BCUT2D eigenvalue weighted by molar-refractivity contribution is 0.0950. The van der Waals surface area contributed by atoms with Crippen LogP contribution in [0.3, 0.4) is 0 Å². The number of hydrogen-bond acceptors (Lipinski definition) is 5. The number of aryl methyl sites for hydroxylation is 1. The van der Waals surface area contributed by atoms with Crippen LogP contribution < -0.4 is 15.6 Å². The van der Waals surface area contributed by atoms with Gasteiger partial charge in [0.05, 0.1) is 4.90 Å². The van der Waals surface area contributed by atoms with E-state index in [0.29, 0.717) is 39.1 Å². The second kappa shape index (κ2) is 10.2. The van der Waals surface area contributed by atoms with E-state index in [2.05, 4.69) is 10.3 Å². The van der Waals surface area contributed by atoms with E-state index in [1.54, 1.807) is 68.0 Å². The van der Waals surface area contributed by atoms with Crippen LogP contribution in [0.4, 0.5) is 4.39 Å². The van der Waals surface area contributed by atoms with Crippen LogP contribution >= 0.6 is 0 Å². The number of sulfone groups is 1. The van der Waals surface area contributed by atoms with E-state index in [-0.39, 0.29) is 28.7 Å². The summed E-state index contributed by atoms with van der Waals surface area (Å²) in [4.78, 5) is 28.4. The number of carbonyl (C=O) groups excluding carboxylic acids is 1. The van der Waals surface area contributed by atoms with Crippen LogP contribution in [0.2, 0.25) is 0 Å². The molecular weight excluding hydrogens is 521 g/mol. The maximum Gasteiger partial charge on any atom is 0.274 e. The van der Waals surface area contributed by atoms with Crippen molar-refractivity contribution in [2.24, 2.45) is 7.05 Å². The van der Waals surface area contributed by atoms with Gasteiger partial charge in [-0.3, -0.25) is 9.59 Å². The van der Waals surface area contributed by atoms with Crippen molar-refractivity contribution < 1.29 is 22.3 Å². The minimum absolute atomic E-state index is 0.0938. The predicted octanol–water partition coefficient (Wildman–Crippen LogP) is 4.80. The number of aromatic amines is 1. The molecule has 0 aliphatic heterocycles. The molecule has 5 rings (SSSR count). The Kier molecular flexibility index (Phi) is 6.80. The zero-order valence-corrected chi connectivity index (χ0v) is 21.9. The maximum absolute atomic E-state index is 13.1. The highest BCUT2D eigenvalue weighted by atomic mass is 32.2. The van der Waals surface area contributed by atoms with Gasteiger partial charge in [-0.05, 0) is 60.2 Å². The fraction of sp³-hybridized carbons (Fsp3) is 0.103. The highest BCUT2D eigenvalue weighted by Gasteiger charge is 2.18. The van der Waals surface area contributed by atoms with Gasteiger partial charge in [0.1, 0.15) is 22.8 Å². The predicted molar refractivity (Wildman–Crippen MR) is 146 cm³/mol. The summed E-state index contributed by atoms with van der Waals surface area (Å²) in [5.41, 5.74) is 2.32. The monoisotopic (exact) mass is 545 g/mol. The number of ether oxygens (including phenoxy) is 1. The molecular formula is C29H24FN3O5S. The Morgan fingerprint density at radius 3 is 2.54 bits per heavy atom. The summed E-state index contributed by atoms with van der Waals surface area (Å²) in [6, 6.07) is 18.7. The van der Waals surface area contributed by atoms with Crippen LogP contribution in [0.25, 0.3) is 22.0 Å². The van der Waals surface area contributed by atoms with Crippen LogP contribution in [0, 0.1) is 5.82 Å². The molecule has 0 radical (unpaired) electrons. The van der Waals surface area contributed by atoms with E-state index in [9.17, 15) is 22.4 Å². The molecule has 2 N–H and O–H groups in total. The fourth-order valence-electron chi connectivity index (χ4n) is 4.24. The number of fused-ring (bicyclic) bond motifs is 1. The number of halogens is 1. The van der Waals surface area contributed by atoms with Crippen molar-refractivity contribution in [2.75, 3.05) is 6.26 Å². The standard InChI is InChI=1S/C29H24FN3O5S/c1-33-17-25(23-12-13-31-27(23)29(33)35)24-15-22(39(2,36)37)10-11-26(24)38-21-5-3-4-19(14-21)28(34)32-16-18-6-8-20(30)9-7-18/h3-15,17,31H,16H2,1-2H3,(H,32,34). The molecule has 2 heterocycles. The van der Waals surface area contributed by atoms with Crippen molar-refractivity contribution >= 4 is 26.6 Å². The number of nitrogens with one attached hydrogen (secondary N) is 2. The van der Waals surface area contributed by atoms with E-state index in [1.165, 1.54) is 28.8 Å². The number of amides is 1. The van der Waals surface area contributed by atoms with Gasteiger partial charge in [0, 0.05) is 54.3 Å². The molecule has 198 valence electrons. The first kappa shape index (κ1) is 25.9. The molecule has 10 heteroatoms. The molecule has 0 unspecified atom stereocenters. The Bertz CT molecular complexity index is 1880. The molecule has 0 aliphatic carbocycles. The molecule has 39 heavy (non-hydrogen) atoms. The zero-order valence-electron chi connectivity index (χ0n) is 21.1. The fourth-order valence-corrected chi connectivity index (χ4v) is 4.88. The molecule has 5 aromatic rings. The Morgan fingerprint density at radius 2 is 1.79 bits per heavy atom. The Labute approximate surface area is 223 Å². The molecule has 0 saturated carbocycles. The van der Waals surface area contributed by atoms with Gasteiger partial charge < -0.3 is 19.6 Å². The summed E-state index contributed by atoms with van der Waals surface area (Å²) in [6.07, 6.45) is 4.39. The normalized spacial score (nSPS) is 11.5. The van der Waals surface area contributed by atoms with Gasteiger partial charge in [0.2, 0.25) is 0 Å². The van der Waals surface area contributed by atoms with Crippen LogP contribution in [-0.4, -0.2) is 30.1 Å². The first-order valence-corrected chi connectivity index (χ1v) is 13.8. The van der Waals surface area contributed by atoms with E-state index >= 15 is 0 Å². The van der Waals surface area contributed by atoms with Crippen molar-refractivity contribution in [3.05, 3.63) is 112 Å². The second-order valence-electron chi connectivity index (χ2n) is 9.09. The molecule has 3 aromatic carbocycles. The number of H-pyrrole nitrogens is 1. The van der Waals surface area contributed by atoms with Crippen LogP contribution in [0.1, 0.15) is 15.9 Å². The van der Waals surface area contributed by atoms with Gasteiger partial charge in [-0.25, -0.2) is 12.8 Å². The number of benzene rings is 3. The van der Waals surface area contributed by atoms with Crippen LogP contribution in [0.5, 0.6) is 11.5 Å². The van der Waals surface area contributed by atoms with Crippen molar-refractivity contribution in [3.8, 4) is 22.6 Å². The SMILES string of the molecule is Cn1cc(-c2cc(S(C)(=O)=O)ccc2Oc2cccc(C(=O)NCc3ccc(F)cc3)c2)c2cc[nH]c2c1=O. The second-order valence-corrected chi connectivity index (χ2v) is 11.1. The molecule has 2 aromatic heterocycles. The number of pyridine rings is 1. The Morgan fingerprint density at radius 1 is 1.03 bits per heavy atom. The van der Waals surface area contributed by atoms with Gasteiger partial charge in [0.15, 0.2) is 9.84 Å². The molecule has 0 atom stereocenters. The number of rotatable bonds is 7. The third kappa shape index (κ3) is 5.46. The quantitative estimate of drug-likeness (QED) is 0.305. The van der Waals surface area contributed by atoms with Crippen molar-refractivity contribution in [3.63, 3.8) is 0 Å². The molecule has 0 fully saturated rings. The van der Waals surface area contributed by atoms with E-state index in [0.717, 1.165) is 11.8 Å². The molecule has 0 saturated heterocycles. The summed E-state index contributed by atoms with van der Waals surface area (Å²) < 4.78 is 45.4. The van der Waals surface area contributed by atoms with Crippen molar-refractivity contribution in [2.45, 2.75) is 11.4 Å². The first-order chi connectivity index (χ1) is 18.6. The Balaban J connectivity index is 1.50. The van der Waals surface area contributed by atoms with E-state index < -0.39 is 9.84 Å². The number of hydrogen-bond donors (Lipinski definition) is 2. The van der Waals surface area contributed by atoms with Crippen molar-refractivity contribution in [1.82, 2.24) is 14.9 Å². The Hall–Kier alpha value is -4.70. The number of aromatic nitrogens is 2. The number of carbonyl (C=O) groups is 1. The number of nitrogens with zero attached hydrogens (tertiary/aromatic N) is 1. The summed E-state index contributed by atoms with van der Waals surface area (Å²) in [7, 11) is -1.92. The van der Waals surface area contributed by atoms with Gasteiger partial charge in [-0.15, -0.1) is 0 Å². The third-order valence-corrected chi connectivity index (χ3v) is 7.36. The highest BCUT2D eigenvalue weighted by Crippen LogP contribution is 2.38. The first-order valence-electron chi connectivity index (χ1n) is 11.9. The highest BCUT2D eigenvalue weighted by molar-refractivity contribution is 7.90. The lowest BCUT2D eigenvalue weighted by Crippen LogP contribution is -2.22. The van der Waals surface area contributed by atoms with Gasteiger partial charge in [0.25, 0.3) is 11.5 Å². The van der Waals surface area contributed by atoms with E-state index in [4.69, 9.17) is 4.74 Å². The summed E-state index contributed by atoms with van der Waals surface area (Å²) in [5, 5.41) is 3.41. The third-order valence-electron chi connectivity index (χ3n) is 6.25. The summed E-state index contributed by atoms with van der Waals surface area (Å²) in [5.74, 6) is -0.00122. The lowest BCUT2D eigenvalue weighted by atomic mass is 10.0. The van der Waals surface area contributed by atoms with Crippen LogP contribution in [-0.2, 0) is 23.4 Å². The average molecular weight is 546 g/mol. The molecule has 0 spiro atoms. The van der Waals surface area contributed by atoms with Gasteiger partial charge in [-0.1, -0.05) is 18.2 Å². The largest absolute Gasteiger partial charge is 0.457 e. The minimum atomic E-state index is -3.54. The molecule has 8 nitrogen and oxygen atoms in total. The van der Waals surface area contributed by atoms with Crippen LogP contribution in [0.15, 0.2) is 94.9 Å². The zero-order chi connectivity index (χ0) is 27.7. The minimum Gasteiger partial charge on any atom is -0.457 e. The summed E-state index contributed by atoms with van der Waals surface area (Å²) >= 11 is 0. The lowest BCUT2D eigenvalue weighted by Gasteiger charge is -2.15. The maximum atomic E-state index is 13.1. The average Bonchev–Trinajstić information content (AvgIpc) is 3.41. The molecule has 1 amide bonds. The molecule has 0 aliphatic rings. The smallest absolute Gasteiger partial charge is 0.274 e. The topological polar surface area (TPSA) is 110 Å². The van der Waals surface area contributed by atoms with Gasteiger partial charge in [-0.2, -0.15) is 0 Å². The summed E-state index contributed by atoms with van der Waals surface area (Å²) in [6.45, 7) is 0.223. The van der Waals surface area contributed by atoms with E-state index in [1.807, 2.05) is 0 Å².